The summed E-state index contributed by atoms with van der Waals surface area (Å²) in [5.41, 5.74) is 3.34. The fraction of sp³-hybridized carbons (Fsp3) is 0.235. The zero-order chi connectivity index (χ0) is 15.2. The molecule has 110 valence electrons. The van der Waals surface area contributed by atoms with Gasteiger partial charge in [-0.3, -0.25) is 9.69 Å². The number of benzene rings is 2. The minimum atomic E-state index is -0.807. The average molecular weight is 284 g/mol. The highest BCUT2D eigenvalue weighted by Gasteiger charge is 2.06. The zero-order valence-electron chi connectivity index (χ0n) is 12.4. The number of nitrogens with zero attached hydrogens (tertiary/aromatic N) is 2. The molecule has 0 radical (unpaired) electrons. The predicted octanol–water partition coefficient (Wildman–Crippen LogP) is 2.97. The fourth-order valence-electron chi connectivity index (χ4n) is 2.22. The summed E-state index contributed by atoms with van der Waals surface area (Å²) in [6.45, 7) is 0.674. The number of para-hydroxylation sites is 1. The number of carboxylic acid groups (broad SMARTS) is 1. The summed E-state index contributed by atoms with van der Waals surface area (Å²) in [7, 11) is 3.83. The van der Waals surface area contributed by atoms with E-state index in [2.05, 4.69) is 29.2 Å². The van der Waals surface area contributed by atoms with Crippen molar-refractivity contribution in [1.82, 2.24) is 4.90 Å². The van der Waals surface area contributed by atoms with Crippen LogP contribution in [0.3, 0.4) is 0 Å². The number of anilines is 2. The van der Waals surface area contributed by atoms with Crippen molar-refractivity contribution >= 4 is 17.3 Å². The predicted molar refractivity (Wildman–Crippen MR) is 84.9 cm³/mol. The Balaban J connectivity index is 2.03. The molecule has 0 amide bonds. The summed E-state index contributed by atoms with van der Waals surface area (Å²) in [5.74, 6) is -0.807. The third kappa shape index (κ3) is 4.33. The van der Waals surface area contributed by atoms with E-state index >= 15 is 0 Å². The average Bonchev–Trinajstić information content (AvgIpc) is 2.47. The van der Waals surface area contributed by atoms with Crippen LogP contribution in [-0.4, -0.2) is 36.6 Å². The lowest BCUT2D eigenvalue weighted by molar-refractivity contribution is -0.138. The molecule has 0 aliphatic carbocycles. The van der Waals surface area contributed by atoms with Gasteiger partial charge in [0.05, 0.1) is 6.54 Å². The Kier molecular flexibility index (Phi) is 4.95. The Morgan fingerprint density at radius 2 is 1.52 bits per heavy atom. The zero-order valence-corrected chi connectivity index (χ0v) is 12.4. The van der Waals surface area contributed by atoms with E-state index in [0.29, 0.717) is 6.54 Å². The number of carboxylic acids is 1. The first-order valence-corrected chi connectivity index (χ1v) is 6.84. The molecule has 0 heterocycles. The van der Waals surface area contributed by atoms with Crippen LogP contribution >= 0.6 is 0 Å². The summed E-state index contributed by atoms with van der Waals surface area (Å²) >= 11 is 0. The van der Waals surface area contributed by atoms with Gasteiger partial charge in [-0.25, -0.2) is 0 Å². The molecule has 4 nitrogen and oxygen atoms in total. The van der Waals surface area contributed by atoms with Crippen molar-refractivity contribution in [2.45, 2.75) is 6.54 Å². The lowest BCUT2D eigenvalue weighted by atomic mass is 10.1. The van der Waals surface area contributed by atoms with Crippen LogP contribution in [0.5, 0.6) is 0 Å². The van der Waals surface area contributed by atoms with Crippen LogP contribution in [0.4, 0.5) is 11.4 Å². The van der Waals surface area contributed by atoms with Crippen molar-refractivity contribution in [3.63, 3.8) is 0 Å². The number of hydrogen-bond donors (Lipinski definition) is 1. The Morgan fingerprint density at radius 3 is 2.10 bits per heavy atom. The second kappa shape index (κ2) is 6.90. The third-order valence-corrected chi connectivity index (χ3v) is 3.32. The standard InChI is InChI=1S/C17H20N2O2/c1-18(13-17(20)21)12-14-8-10-16(11-9-14)19(2)15-6-4-3-5-7-15/h3-11H,12-13H2,1-2H3,(H,20,21). The van der Waals surface area contributed by atoms with Gasteiger partial charge in [0.2, 0.25) is 0 Å². The lowest BCUT2D eigenvalue weighted by Gasteiger charge is -2.20. The maximum absolute atomic E-state index is 10.7. The molecule has 4 heteroatoms. The van der Waals surface area contributed by atoms with E-state index in [1.54, 1.807) is 11.9 Å². The van der Waals surface area contributed by atoms with Gasteiger partial charge in [0.25, 0.3) is 0 Å². The summed E-state index contributed by atoms with van der Waals surface area (Å²) in [5, 5.41) is 8.76. The van der Waals surface area contributed by atoms with E-state index in [4.69, 9.17) is 5.11 Å². The van der Waals surface area contributed by atoms with E-state index in [1.165, 1.54) is 0 Å². The molecule has 1 N–H and O–H groups in total. The number of likely N-dealkylation sites (N-methyl/N-ethyl adjacent to an activating group) is 1. The van der Waals surface area contributed by atoms with Gasteiger partial charge in [0.15, 0.2) is 0 Å². The van der Waals surface area contributed by atoms with Crippen molar-refractivity contribution < 1.29 is 9.90 Å². The summed E-state index contributed by atoms with van der Waals surface area (Å²) in [4.78, 5) is 14.5. The van der Waals surface area contributed by atoms with Crippen molar-refractivity contribution in [3.05, 3.63) is 60.2 Å². The highest BCUT2D eigenvalue weighted by molar-refractivity contribution is 5.69. The van der Waals surface area contributed by atoms with Crippen LogP contribution in [-0.2, 0) is 11.3 Å². The molecule has 0 aromatic heterocycles. The fourth-order valence-corrected chi connectivity index (χ4v) is 2.22. The summed E-state index contributed by atoms with van der Waals surface area (Å²) < 4.78 is 0. The minimum Gasteiger partial charge on any atom is -0.480 e. The van der Waals surface area contributed by atoms with Gasteiger partial charge in [0.1, 0.15) is 0 Å². The Bertz CT molecular complexity index is 581. The third-order valence-electron chi connectivity index (χ3n) is 3.32. The lowest BCUT2D eigenvalue weighted by Crippen LogP contribution is -2.25. The van der Waals surface area contributed by atoms with Crippen LogP contribution < -0.4 is 4.90 Å². The highest BCUT2D eigenvalue weighted by Crippen LogP contribution is 2.23. The minimum absolute atomic E-state index is 0.0473. The van der Waals surface area contributed by atoms with Gasteiger partial charge in [-0.05, 0) is 36.9 Å². The summed E-state index contributed by atoms with van der Waals surface area (Å²) in [6, 6.07) is 18.3. The van der Waals surface area contributed by atoms with Crippen molar-refractivity contribution in [2.24, 2.45) is 0 Å². The number of hydrogen-bond acceptors (Lipinski definition) is 3. The Labute approximate surface area is 125 Å². The summed E-state index contributed by atoms with van der Waals surface area (Å²) in [6.07, 6.45) is 0. The molecular formula is C17H20N2O2. The molecule has 0 aliphatic rings. The van der Waals surface area contributed by atoms with Gasteiger partial charge in [-0.2, -0.15) is 0 Å². The van der Waals surface area contributed by atoms with Gasteiger partial charge in [-0.1, -0.05) is 30.3 Å². The molecule has 21 heavy (non-hydrogen) atoms. The van der Waals surface area contributed by atoms with Gasteiger partial charge in [0, 0.05) is 25.0 Å². The maximum atomic E-state index is 10.7. The van der Waals surface area contributed by atoms with Crippen molar-refractivity contribution in [1.29, 1.82) is 0 Å². The normalized spacial score (nSPS) is 10.6. The number of carbonyl (C=O) groups is 1. The molecule has 2 aromatic rings. The largest absolute Gasteiger partial charge is 0.480 e. The first kappa shape index (κ1) is 15.1. The van der Waals surface area contributed by atoms with Gasteiger partial charge in [-0.15, -0.1) is 0 Å². The van der Waals surface area contributed by atoms with Crippen molar-refractivity contribution in [3.8, 4) is 0 Å². The van der Waals surface area contributed by atoms with E-state index < -0.39 is 5.97 Å². The van der Waals surface area contributed by atoms with E-state index in [9.17, 15) is 4.79 Å². The van der Waals surface area contributed by atoms with Crippen LogP contribution in [0.1, 0.15) is 5.56 Å². The monoisotopic (exact) mass is 284 g/mol. The molecule has 0 aliphatic heterocycles. The van der Waals surface area contributed by atoms with Crippen LogP contribution in [0.2, 0.25) is 0 Å². The highest BCUT2D eigenvalue weighted by atomic mass is 16.4. The molecular weight excluding hydrogens is 264 g/mol. The Morgan fingerprint density at radius 1 is 0.952 bits per heavy atom. The van der Waals surface area contributed by atoms with E-state index in [-0.39, 0.29) is 6.54 Å². The molecule has 0 unspecified atom stereocenters. The van der Waals surface area contributed by atoms with Crippen LogP contribution in [0, 0.1) is 0 Å². The second-order valence-electron chi connectivity index (χ2n) is 5.13. The smallest absolute Gasteiger partial charge is 0.317 e. The molecule has 2 aromatic carbocycles. The maximum Gasteiger partial charge on any atom is 0.317 e. The molecule has 0 fully saturated rings. The van der Waals surface area contributed by atoms with Crippen molar-refractivity contribution in [2.75, 3.05) is 25.5 Å². The van der Waals surface area contributed by atoms with Crippen LogP contribution in [0.15, 0.2) is 54.6 Å². The van der Waals surface area contributed by atoms with E-state index in [1.807, 2.05) is 37.4 Å². The Hall–Kier alpha value is -2.33. The SMILES string of the molecule is CN(CC(=O)O)Cc1ccc(N(C)c2ccccc2)cc1. The molecule has 0 saturated carbocycles. The first-order valence-electron chi connectivity index (χ1n) is 6.84. The van der Waals surface area contributed by atoms with Gasteiger partial charge >= 0.3 is 5.97 Å². The molecule has 2 rings (SSSR count). The van der Waals surface area contributed by atoms with Crippen LogP contribution in [0.25, 0.3) is 0 Å². The molecule has 0 bridgehead atoms. The second-order valence-corrected chi connectivity index (χ2v) is 5.13. The number of rotatable bonds is 6. The molecule has 0 saturated heterocycles. The number of aliphatic carboxylic acids is 1. The topological polar surface area (TPSA) is 43.8 Å². The van der Waals surface area contributed by atoms with Gasteiger partial charge < -0.3 is 10.0 Å². The molecule has 0 atom stereocenters. The van der Waals surface area contributed by atoms with E-state index in [0.717, 1.165) is 16.9 Å². The quantitative estimate of drug-likeness (QED) is 0.885. The first-order chi connectivity index (χ1) is 10.1. The molecule has 0 spiro atoms.